The standard InChI is InChI=1S/C28H22N4O5S2/c1-36-18-10-12-19(13-11-18)37-26-23(25(33)34)30-24(39-26)17-9-8-16-5-4-14-32(21(16)15-17)28(35)31-27-29-20-6-2-3-7-22(20)38-27/h2-3,6-13,15H,4-5,14H2,1H3,(H,33,34)(H,29,31,35). The van der Waals surface area contributed by atoms with Gasteiger partial charge in [-0.05, 0) is 60.9 Å². The van der Waals surface area contributed by atoms with E-state index in [0.717, 1.165) is 45.6 Å². The second-order valence-electron chi connectivity index (χ2n) is 8.75. The summed E-state index contributed by atoms with van der Waals surface area (Å²) in [6, 6.07) is 20.1. The molecule has 3 aromatic carbocycles. The molecule has 1 aliphatic heterocycles. The molecule has 2 amide bonds. The summed E-state index contributed by atoms with van der Waals surface area (Å²) in [5, 5.41) is 13.9. The number of ether oxygens (including phenoxy) is 2. The van der Waals surface area contributed by atoms with Crippen LogP contribution in [0, 0.1) is 0 Å². The lowest BCUT2D eigenvalue weighted by Gasteiger charge is -2.29. The van der Waals surface area contributed by atoms with Crippen LogP contribution in [-0.4, -0.2) is 40.7 Å². The van der Waals surface area contributed by atoms with Gasteiger partial charge in [0.2, 0.25) is 10.8 Å². The number of aromatic carboxylic acids is 1. The number of fused-ring (bicyclic) bond motifs is 2. The van der Waals surface area contributed by atoms with Crippen molar-refractivity contribution in [3.8, 4) is 27.1 Å². The molecule has 0 bridgehead atoms. The Morgan fingerprint density at radius 2 is 1.79 bits per heavy atom. The predicted molar refractivity (Wildman–Crippen MR) is 152 cm³/mol. The Kier molecular flexibility index (Phi) is 6.59. The second-order valence-corrected chi connectivity index (χ2v) is 10.7. The molecule has 9 nitrogen and oxygen atoms in total. The van der Waals surface area contributed by atoms with E-state index in [-0.39, 0.29) is 16.8 Å². The number of amides is 2. The first-order valence-corrected chi connectivity index (χ1v) is 13.8. The maximum absolute atomic E-state index is 13.3. The normalized spacial score (nSPS) is 12.7. The maximum Gasteiger partial charge on any atom is 0.359 e. The topological polar surface area (TPSA) is 114 Å². The van der Waals surface area contributed by atoms with Crippen LogP contribution in [0.5, 0.6) is 16.6 Å². The monoisotopic (exact) mass is 558 g/mol. The number of carbonyl (C=O) groups is 2. The smallest absolute Gasteiger partial charge is 0.359 e. The molecule has 5 aromatic rings. The molecule has 11 heteroatoms. The van der Waals surface area contributed by atoms with Crippen LogP contribution < -0.4 is 19.7 Å². The van der Waals surface area contributed by atoms with Gasteiger partial charge in [0.1, 0.15) is 16.5 Å². The number of carbonyl (C=O) groups excluding carboxylic acids is 1. The lowest BCUT2D eigenvalue weighted by Crippen LogP contribution is -2.38. The average molecular weight is 559 g/mol. The van der Waals surface area contributed by atoms with E-state index in [1.54, 1.807) is 36.3 Å². The van der Waals surface area contributed by atoms with E-state index in [1.807, 2.05) is 42.5 Å². The van der Waals surface area contributed by atoms with Gasteiger partial charge in [-0.15, -0.1) is 0 Å². The lowest BCUT2D eigenvalue weighted by atomic mass is 10.00. The third-order valence-corrected chi connectivity index (χ3v) is 8.21. The predicted octanol–water partition coefficient (Wildman–Crippen LogP) is 6.90. The van der Waals surface area contributed by atoms with Gasteiger partial charge in [-0.2, -0.15) is 0 Å². The molecule has 0 radical (unpaired) electrons. The van der Waals surface area contributed by atoms with Crippen LogP contribution in [0.15, 0.2) is 66.7 Å². The number of aryl methyl sites for hydroxylation is 1. The first-order chi connectivity index (χ1) is 19.0. The molecule has 39 heavy (non-hydrogen) atoms. The van der Waals surface area contributed by atoms with Crippen molar-refractivity contribution in [2.24, 2.45) is 0 Å². The van der Waals surface area contributed by atoms with Crippen LogP contribution in [0.3, 0.4) is 0 Å². The number of urea groups is 1. The summed E-state index contributed by atoms with van der Waals surface area (Å²) in [6.45, 7) is 0.553. The molecule has 0 fully saturated rings. The van der Waals surface area contributed by atoms with E-state index in [9.17, 15) is 14.7 Å². The molecule has 0 spiro atoms. The number of benzene rings is 3. The molecule has 6 rings (SSSR count). The zero-order valence-electron chi connectivity index (χ0n) is 20.7. The van der Waals surface area contributed by atoms with E-state index < -0.39 is 5.97 Å². The molecule has 3 heterocycles. The third-order valence-electron chi connectivity index (χ3n) is 6.27. The van der Waals surface area contributed by atoms with Gasteiger partial charge in [0.15, 0.2) is 5.13 Å². The number of hydrogen-bond acceptors (Lipinski definition) is 8. The number of methoxy groups -OCH3 is 1. The Bertz CT molecular complexity index is 1660. The van der Waals surface area contributed by atoms with Crippen LogP contribution in [-0.2, 0) is 6.42 Å². The molecule has 2 N–H and O–H groups in total. The first kappa shape index (κ1) is 24.8. The highest BCUT2D eigenvalue weighted by atomic mass is 32.1. The van der Waals surface area contributed by atoms with Gasteiger partial charge < -0.3 is 14.6 Å². The van der Waals surface area contributed by atoms with E-state index in [4.69, 9.17) is 9.47 Å². The molecule has 2 aromatic heterocycles. The minimum Gasteiger partial charge on any atom is -0.497 e. The number of thiazole rings is 2. The van der Waals surface area contributed by atoms with Crippen LogP contribution in [0.1, 0.15) is 22.5 Å². The average Bonchev–Trinajstić information content (AvgIpc) is 3.56. The number of carboxylic acid groups (broad SMARTS) is 1. The van der Waals surface area contributed by atoms with Crippen molar-refractivity contribution in [1.29, 1.82) is 0 Å². The zero-order valence-corrected chi connectivity index (χ0v) is 22.3. The summed E-state index contributed by atoms with van der Waals surface area (Å²) < 4.78 is 12.0. The zero-order chi connectivity index (χ0) is 26.9. The molecular formula is C28H22N4O5S2. The van der Waals surface area contributed by atoms with Gasteiger partial charge in [0.05, 0.1) is 17.3 Å². The van der Waals surface area contributed by atoms with Crippen molar-refractivity contribution in [2.75, 3.05) is 23.9 Å². The van der Waals surface area contributed by atoms with E-state index in [0.29, 0.717) is 33.7 Å². The largest absolute Gasteiger partial charge is 0.497 e. The van der Waals surface area contributed by atoms with Crippen molar-refractivity contribution >= 4 is 55.7 Å². The van der Waals surface area contributed by atoms with Crippen molar-refractivity contribution in [1.82, 2.24) is 9.97 Å². The van der Waals surface area contributed by atoms with E-state index in [2.05, 4.69) is 15.3 Å². The fourth-order valence-corrected chi connectivity index (χ4v) is 6.17. The Balaban J connectivity index is 1.29. The van der Waals surface area contributed by atoms with Crippen LogP contribution in [0.4, 0.5) is 15.6 Å². The van der Waals surface area contributed by atoms with Crippen LogP contribution in [0.25, 0.3) is 20.8 Å². The Labute approximate surface area is 231 Å². The number of nitrogens with one attached hydrogen (secondary N) is 1. The highest BCUT2D eigenvalue weighted by Crippen LogP contribution is 2.40. The minimum atomic E-state index is -1.18. The van der Waals surface area contributed by atoms with Gasteiger partial charge in [-0.3, -0.25) is 10.2 Å². The highest BCUT2D eigenvalue weighted by Gasteiger charge is 2.26. The second kappa shape index (κ2) is 10.4. The molecule has 0 unspecified atom stereocenters. The molecule has 0 saturated carbocycles. The molecule has 1 aliphatic rings. The molecular weight excluding hydrogens is 536 g/mol. The van der Waals surface area contributed by atoms with E-state index in [1.165, 1.54) is 11.3 Å². The van der Waals surface area contributed by atoms with Gasteiger partial charge in [-0.25, -0.2) is 19.6 Å². The Morgan fingerprint density at radius 1 is 1.00 bits per heavy atom. The van der Waals surface area contributed by atoms with Gasteiger partial charge in [0, 0.05) is 17.8 Å². The summed E-state index contributed by atoms with van der Waals surface area (Å²) in [4.78, 5) is 35.8. The summed E-state index contributed by atoms with van der Waals surface area (Å²) in [7, 11) is 1.57. The number of nitrogens with zero attached hydrogens (tertiary/aromatic N) is 3. The van der Waals surface area contributed by atoms with Gasteiger partial charge in [0.25, 0.3) is 0 Å². The fraction of sp³-hybridized carbons (Fsp3) is 0.143. The van der Waals surface area contributed by atoms with Crippen LogP contribution >= 0.6 is 22.7 Å². The first-order valence-electron chi connectivity index (χ1n) is 12.1. The fourth-order valence-electron chi connectivity index (χ4n) is 4.39. The van der Waals surface area contributed by atoms with Crippen molar-refractivity contribution < 1.29 is 24.2 Å². The SMILES string of the molecule is COc1ccc(Oc2sc(-c3ccc4c(c3)N(C(=O)Nc3nc5ccccc5s3)CCC4)nc2C(=O)O)cc1. The van der Waals surface area contributed by atoms with Crippen molar-refractivity contribution in [3.63, 3.8) is 0 Å². The molecule has 0 atom stereocenters. The Hall–Kier alpha value is -4.48. The van der Waals surface area contributed by atoms with E-state index >= 15 is 0 Å². The number of aromatic nitrogens is 2. The molecule has 0 saturated heterocycles. The number of carboxylic acids is 1. The number of rotatable bonds is 6. The summed E-state index contributed by atoms with van der Waals surface area (Å²) in [5.74, 6) is -0.0518. The third kappa shape index (κ3) is 5.01. The van der Waals surface area contributed by atoms with Crippen molar-refractivity contribution in [3.05, 3.63) is 78.0 Å². The van der Waals surface area contributed by atoms with Crippen LogP contribution in [0.2, 0.25) is 0 Å². The molecule has 196 valence electrons. The maximum atomic E-state index is 13.3. The molecule has 0 aliphatic carbocycles. The number of hydrogen-bond donors (Lipinski definition) is 2. The van der Waals surface area contributed by atoms with Crippen molar-refractivity contribution in [2.45, 2.75) is 12.8 Å². The summed E-state index contributed by atoms with van der Waals surface area (Å²) in [5.41, 5.74) is 3.17. The summed E-state index contributed by atoms with van der Waals surface area (Å²) >= 11 is 2.56. The minimum absolute atomic E-state index is 0.172. The number of anilines is 2. The highest BCUT2D eigenvalue weighted by molar-refractivity contribution is 7.22. The summed E-state index contributed by atoms with van der Waals surface area (Å²) in [6.07, 6.45) is 1.67. The number of para-hydroxylation sites is 1. The Morgan fingerprint density at radius 3 is 2.56 bits per heavy atom. The quantitative estimate of drug-likeness (QED) is 0.233. The van der Waals surface area contributed by atoms with Gasteiger partial charge in [-0.1, -0.05) is 46.9 Å². The lowest BCUT2D eigenvalue weighted by molar-refractivity contribution is 0.0689. The van der Waals surface area contributed by atoms with Gasteiger partial charge >= 0.3 is 12.0 Å².